The monoisotopic (exact) mass is 258 g/mol. The quantitative estimate of drug-likeness (QED) is 0.855. The van der Waals surface area contributed by atoms with E-state index in [1.54, 1.807) is 12.1 Å². The van der Waals surface area contributed by atoms with Crippen LogP contribution in [0, 0.1) is 0 Å². The van der Waals surface area contributed by atoms with E-state index in [9.17, 15) is 4.79 Å². The maximum Gasteiger partial charge on any atom is 0.249 e. The van der Waals surface area contributed by atoms with Gasteiger partial charge in [-0.1, -0.05) is 6.42 Å². The van der Waals surface area contributed by atoms with Crippen LogP contribution in [0.1, 0.15) is 24.8 Å². The van der Waals surface area contributed by atoms with E-state index >= 15 is 0 Å². The third kappa shape index (κ3) is 2.61. The molecule has 5 nitrogen and oxygen atoms in total. The van der Waals surface area contributed by atoms with Gasteiger partial charge >= 0.3 is 0 Å². The van der Waals surface area contributed by atoms with Gasteiger partial charge in [-0.15, -0.1) is 0 Å². The number of nitrogen functional groups attached to an aromatic ring is 1. The van der Waals surface area contributed by atoms with Crippen LogP contribution < -0.4 is 11.3 Å². The molecule has 100 valence electrons. The summed E-state index contributed by atoms with van der Waals surface area (Å²) in [5, 5.41) is 0.986. The summed E-state index contributed by atoms with van der Waals surface area (Å²) >= 11 is 0. The van der Waals surface area contributed by atoms with Gasteiger partial charge in [-0.3, -0.25) is 9.69 Å². The molecule has 19 heavy (non-hydrogen) atoms. The van der Waals surface area contributed by atoms with Crippen molar-refractivity contribution in [3.05, 3.63) is 34.1 Å². The lowest BCUT2D eigenvalue weighted by Gasteiger charge is -2.26. The van der Waals surface area contributed by atoms with Crippen molar-refractivity contribution in [2.75, 3.05) is 18.8 Å². The fraction of sp³-hybridized carbons (Fsp3) is 0.429. The number of nitrogens with two attached hydrogens (primary N) is 1. The first-order chi connectivity index (χ1) is 9.22. The summed E-state index contributed by atoms with van der Waals surface area (Å²) in [5.41, 5.74) is 7.17. The average Bonchev–Trinajstić information content (AvgIpc) is 2.39. The molecule has 0 unspecified atom stereocenters. The zero-order valence-electron chi connectivity index (χ0n) is 10.9. The number of H-pyrrole nitrogens is 1. The number of fused-ring (bicyclic) bond motifs is 1. The number of rotatable bonds is 2. The third-order valence-electron chi connectivity index (χ3n) is 3.65. The van der Waals surface area contributed by atoms with Crippen LogP contribution in [0.15, 0.2) is 23.0 Å². The van der Waals surface area contributed by atoms with Crippen LogP contribution in [0.2, 0.25) is 0 Å². The van der Waals surface area contributed by atoms with Crippen molar-refractivity contribution >= 4 is 16.9 Å². The molecule has 2 aromatic rings. The highest BCUT2D eigenvalue weighted by atomic mass is 16.1. The van der Waals surface area contributed by atoms with Gasteiger partial charge in [0.15, 0.2) is 0 Å². The molecule has 0 spiro atoms. The molecule has 1 aliphatic rings. The van der Waals surface area contributed by atoms with Crippen molar-refractivity contribution in [2.45, 2.75) is 25.8 Å². The SMILES string of the molecule is Nc1ccc2c(CN3CCCCC3)cc(=O)[nH]c2n1. The van der Waals surface area contributed by atoms with Gasteiger partial charge < -0.3 is 10.7 Å². The lowest BCUT2D eigenvalue weighted by molar-refractivity contribution is 0.221. The average molecular weight is 258 g/mol. The number of hydrogen-bond donors (Lipinski definition) is 2. The van der Waals surface area contributed by atoms with Crippen LogP contribution in [-0.2, 0) is 6.54 Å². The van der Waals surface area contributed by atoms with E-state index in [2.05, 4.69) is 14.9 Å². The van der Waals surface area contributed by atoms with E-state index in [0.717, 1.165) is 30.6 Å². The lowest BCUT2D eigenvalue weighted by Crippen LogP contribution is -2.29. The summed E-state index contributed by atoms with van der Waals surface area (Å²) in [7, 11) is 0. The van der Waals surface area contributed by atoms with E-state index in [1.165, 1.54) is 19.3 Å². The van der Waals surface area contributed by atoms with Crippen LogP contribution in [0.5, 0.6) is 0 Å². The van der Waals surface area contributed by atoms with Crippen molar-refractivity contribution in [1.82, 2.24) is 14.9 Å². The van der Waals surface area contributed by atoms with Crippen LogP contribution in [0.3, 0.4) is 0 Å². The van der Waals surface area contributed by atoms with Gasteiger partial charge in [0.05, 0.1) is 0 Å². The largest absolute Gasteiger partial charge is 0.384 e. The van der Waals surface area contributed by atoms with Gasteiger partial charge in [0, 0.05) is 18.0 Å². The molecule has 1 aliphatic heterocycles. The Kier molecular flexibility index (Phi) is 3.21. The molecule has 3 rings (SSSR count). The van der Waals surface area contributed by atoms with E-state index in [4.69, 9.17) is 5.73 Å². The standard InChI is InChI=1S/C14H18N4O/c15-12-5-4-11-10(8-13(19)17-14(11)16-12)9-18-6-2-1-3-7-18/h4-5,8H,1-3,6-7,9H2,(H3,15,16,17,19). The van der Waals surface area contributed by atoms with Gasteiger partial charge in [-0.25, -0.2) is 4.98 Å². The molecule has 0 amide bonds. The predicted molar refractivity (Wildman–Crippen MR) is 75.9 cm³/mol. The molecule has 0 aliphatic carbocycles. The molecule has 0 atom stereocenters. The fourth-order valence-electron chi connectivity index (χ4n) is 2.71. The summed E-state index contributed by atoms with van der Waals surface area (Å²) in [6, 6.07) is 5.39. The molecule has 1 saturated heterocycles. The highest BCUT2D eigenvalue weighted by molar-refractivity contribution is 5.79. The highest BCUT2D eigenvalue weighted by Gasteiger charge is 2.13. The molecule has 0 aromatic carbocycles. The Morgan fingerprint density at radius 3 is 2.84 bits per heavy atom. The smallest absolute Gasteiger partial charge is 0.249 e. The summed E-state index contributed by atoms with van der Waals surface area (Å²) < 4.78 is 0. The molecule has 0 bridgehead atoms. The molecule has 0 saturated carbocycles. The first-order valence-corrected chi connectivity index (χ1v) is 6.73. The third-order valence-corrected chi connectivity index (χ3v) is 3.65. The molecular formula is C14H18N4O. The zero-order valence-corrected chi connectivity index (χ0v) is 10.9. The Morgan fingerprint density at radius 1 is 1.26 bits per heavy atom. The molecular weight excluding hydrogens is 240 g/mol. The second kappa shape index (κ2) is 5.01. The Morgan fingerprint density at radius 2 is 2.05 bits per heavy atom. The summed E-state index contributed by atoms with van der Waals surface area (Å²) in [5.74, 6) is 0.429. The molecule has 2 aromatic heterocycles. The first-order valence-electron chi connectivity index (χ1n) is 6.73. The minimum atomic E-state index is -0.113. The van der Waals surface area contributed by atoms with Crippen molar-refractivity contribution in [1.29, 1.82) is 0 Å². The number of likely N-dealkylation sites (tertiary alicyclic amines) is 1. The van der Waals surface area contributed by atoms with Crippen LogP contribution in [0.25, 0.3) is 11.0 Å². The fourth-order valence-corrected chi connectivity index (χ4v) is 2.71. The first kappa shape index (κ1) is 12.2. The van der Waals surface area contributed by atoms with E-state index < -0.39 is 0 Å². The summed E-state index contributed by atoms with van der Waals surface area (Å²) in [6.07, 6.45) is 3.79. The summed E-state index contributed by atoms with van der Waals surface area (Å²) in [6.45, 7) is 3.03. The van der Waals surface area contributed by atoms with Crippen molar-refractivity contribution in [2.24, 2.45) is 0 Å². The highest BCUT2D eigenvalue weighted by Crippen LogP contribution is 2.18. The number of anilines is 1. The Labute approximate surface area is 111 Å². The van der Waals surface area contributed by atoms with E-state index in [1.807, 2.05) is 6.07 Å². The minimum Gasteiger partial charge on any atom is -0.384 e. The Hall–Kier alpha value is -1.88. The molecule has 3 N–H and O–H groups in total. The Bertz CT molecular complexity index is 643. The van der Waals surface area contributed by atoms with Crippen molar-refractivity contribution in [3.8, 4) is 0 Å². The maximum atomic E-state index is 11.7. The summed E-state index contributed by atoms with van der Waals surface area (Å²) in [4.78, 5) is 21.0. The lowest BCUT2D eigenvalue weighted by atomic mass is 10.1. The van der Waals surface area contributed by atoms with Gasteiger partial charge in [-0.05, 0) is 43.6 Å². The Balaban J connectivity index is 1.99. The predicted octanol–water partition coefficient (Wildman–Crippen LogP) is 1.49. The van der Waals surface area contributed by atoms with E-state index in [0.29, 0.717) is 11.5 Å². The number of nitrogens with zero attached hydrogens (tertiary/aromatic N) is 2. The molecule has 0 radical (unpaired) electrons. The minimum absolute atomic E-state index is 0.113. The van der Waals surface area contributed by atoms with Crippen molar-refractivity contribution in [3.63, 3.8) is 0 Å². The van der Waals surface area contributed by atoms with Crippen LogP contribution >= 0.6 is 0 Å². The van der Waals surface area contributed by atoms with Gasteiger partial charge in [0.2, 0.25) is 5.56 Å². The second-order valence-corrected chi connectivity index (χ2v) is 5.13. The van der Waals surface area contributed by atoms with Crippen molar-refractivity contribution < 1.29 is 0 Å². The van der Waals surface area contributed by atoms with Gasteiger partial charge in [0.1, 0.15) is 11.5 Å². The number of aromatic amines is 1. The number of aromatic nitrogens is 2. The second-order valence-electron chi connectivity index (χ2n) is 5.13. The normalized spacial score (nSPS) is 16.8. The molecule has 1 fully saturated rings. The number of hydrogen-bond acceptors (Lipinski definition) is 4. The van der Waals surface area contributed by atoms with E-state index in [-0.39, 0.29) is 5.56 Å². The topological polar surface area (TPSA) is 75.0 Å². The number of piperidine rings is 1. The molecule has 5 heteroatoms. The van der Waals surface area contributed by atoms with Crippen LogP contribution in [-0.4, -0.2) is 28.0 Å². The number of nitrogens with one attached hydrogen (secondary N) is 1. The van der Waals surface area contributed by atoms with Gasteiger partial charge in [-0.2, -0.15) is 0 Å². The number of pyridine rings is 2. The maximum absolute atomic E-state index is 11.7. The van der Waals surface area contributed by atoms with Crippen LogP contribution in [0.4, 0.5) is 5.82 Å². The molecule has 3 heterocycles. The van der Waals surface area contributed by atoms with Gasteiger partial charge in [0.25, 0.3) is 0 Å². The zero-order chi connectivity index (χ0) is 13.2.